The van der Waals surface area contributed by atoms with Gasteiger partial charge in [0.1, 0.15) is 0 Å². The molecule has 0 saturated heterocycles. The Balaban J connectivity index is 3.19. The Morgan fingerprint density at radius 1 is 1.22 bits per heavy atom. The van der Waals surface area contributed by atoms with Crippen molar-refractivity contribution in [3.8, 4) is 0 Å². The molecule has 0 aliphatic rings. The number of aldehydes is 1. The Morgan fingerprint density at radius 3 is 2.22 bits per heavy atom. The summed E-state index contributed by atoms with van der Waals surface area (Å²) >= 11 is 5.86. The van der Waals surface area contributed by atoms with E-state index < -0.39 is 11.8 Å². The summed E-state index contributed by atoms with van der Waals surface area (Å²) in [6, 6.07) is 4.68. The van der Waals surface area contributed by atoms with Crippen molar-refractivity contribution in [2.24, 2.45) is 11.5 Å². The van der Waals surface area contributed by atoms with E-state index >= 15 is 0 Å². The topological polar surface area (TPSA) is 106 Å². The molecule has 7 heteroatoms. The normalized spacial score (nSPS) is 9.83. The van der Waals surface area contributed by atoms with Crippen LogP contribution in [0, 0.1) is 0 Å². The molecule has 0 saturated carbocycles. The third-order valence-corrected chi connectivity index (χ3v) is 2.51. The molecule has 0 radical (unpaired) electrons. The summed E-state index contributed by atoms with van der Waals surface area (Å²) in [5.41, 5.74) is 10.7. The Morgan fingerprint density at radius 2 is 1.78 bits per heavy atom. The van der Waals surface area contributed by atoms with Crippen LogP contribution in [0.4, 0.5) is 5.69 Å². The summed E-state index contributed by atoms with van der Waals surface area (Å²) in [5.74, 6) is -1.29. The first kappa shape index (κ1) is 14.0. The van der Waals surface area contributed by atoms with E-state index in [0.717, 1.165) is 0 Å². The highest BCUT2D eigenvalue weighted by molar-refractivity contribution is 6.33. The Bertz CT molecular complexity index is 474. The smallest absolute Gasteiger partial charge is 0.236 e. The molecule has 0 unspecified atom stereocenters. The second-order valence-corrected chi connectivity index (χ2v) is 3.99. The number of hydrogen-bond acceptors (Lipinski definition) is 4. The van der Waals surface area contributed by atoms with Crippen molar-refractivity contribution in [3.63, 3.8) is 0 Å². The highest BCUT2D eigenvalue weighted by atomic mass is 35.5. The Kier molecular flexibility index (Phi) is 4.67. The van der Waals surface area contributed by atoms with Gasteiger partial charge in [0.25, 0.3) is 0 Å². The van der Waals surface area contributed by atoms with Gasteiger partial charge in [-0.15, -0.1) is 0 Å². The third-order valence-electron chi connectivity index (χ3n) is 2.18. The van der Waals surface area contributed by atoms with Crippen LogP contribution in [0.15, 0.2) is 18.2 Å². The van der Waals surface area contributed by atoms with Gasteiger partial charge in [-0.2, -0.15) is 0 Å². The molecule has 1 aromatic carbocycles. The number of halogens is 1. The summed E-state index contributed by atoms with van der Waals surface area (Å²) in [7, 11) is 0. The molecule has 0 aromatic heterocycles. The minimum atomic E-state index is -0.645. The molecule has 2 amide bonds. The largest absolute Gasteiger partial charge is 0.368 e. The molecule has 0 heterocycles. The number of primary amides is 2. The molecule has 1 rings (SSSR count). The number of anilines is 1. The van der Waals surface area contributed by atoms with Crippen LogP contribution in [0.25, 0.3) is 0 Å². The molecule has 0 spiro atoms. The molecule has 0 aliphatic carbocycles. The summed E-state index contributed by atoms with van der Waals surface area (Å²) in [4.78, 5) is 34.2. The van der Waals surface area contributed by atoms with Gasteiger partial charge in [0.2, 0.25) is 11.8 Å². The van der Waals surface area contributed by atoms with E-state index in [1.165, 1.54) is 11.0 Å². The lowest BCUT2D eigenvalue weighted by Crippen LogP contribution is -2.40. The zero-order chi connectivity index (χ0) is 13.7. The number of benzene rings is 1. The van der Waals surface area contributed by atoms with E-state index in [2.05, 4.69) is 0 Å². The van der Waals surface area contributed by atoms with Crippen LogP contribution in [-0.2, 0) is 9.59 Å². The average molecular weight is 270 g/mol. The van der Waals surface area contributed by atoms with E-state index in [1.54, 1.807) is 12.1 Å². The lowest BCUT2D eigenvalue weighted by Gasteiger charge is -2.23. The second kappa shape index (κ2) is 6.02. The Labute approximate surface area is 108 Å². The van der Waals surface area contributed by atoms with Crippen molar-refractivity contribution in [2.45, 2.75) is 0 Å². The maximum Gasteiger partial charge on any atom is 0.236 e. The predicted molar refractivity (Wildman–Crippen MR) is 67.4 cm³/mol. The molecule has 1 aromatic rings. The first-order chi connectivity index (χ1) is 8.45. The van der Waals surface area contributed by atoms with Crippen LogP contribution in [0.5, 0.6) is 0 Å². The van der Waals surface area contributed by atoms with Gasteiger partial charge in [0.15, 0.2) is 6.29 Å². The highest BCUT2D eigenvalue weighted by Gasteiger charge is 2.17. The van der Waals surface area contributed by atoms with Crippen LogP contribution >= 0.6 is 11.6 Å². The van der Waals surface area contributed by atoms with Gasteiger partial charge in [-0.25, -0.2) is 0 Å². The molecular formula is C11H12ClN3O3. The molecule has 0 aliphatic heterocycles. The zero-order valence-electron chi connectivity index (χ0n) is 9.43. The third kappa shape index (κ3) is 3.46. The van der Waals surface area contributed by atoms with Crippen LogP contribution in [0.1, 0.15) is 10.4 Å². The van der Waals surface area contributed by atoms with E-state index in [4.69, 9.17) is 23.1 Å². The van der Waals surface area contributed by atoms with Crippen LogP contribution in [-0.4, -0.2) is 31.2 Å². The zero-order valence-corrected chi connectivity index (χ0v) is 10.2. The van der Waals surface area contributed by atoms with Gasteiger partial charge >= 0.3 is 0 Å². The van der Waals surface area contributed by atoms with Crippen LogP contribution in [0.3, 0.4) is 0 Å². The van der Waals surface area contributed by atoms with Crippen molar-refractivity contribution in [3.05, 3.63) is 28.8 Å². The van der Waals surface area contributed by atoms with Gasteiger partial charge in [0.05, 0.1) is 23.7 Å². The molecule has 6 nitrogen and oxygen atoms in total. The monoisotopic (exact) mass is 269 g/mol. The molecular weight excluding hydrogens is 258 g/mol. The number of rotatable bonds is 6. The quantitative estimate of drug-likeness (QED) is 0.705. The number of nitrogens with two attached hydrogens (primary N) is 2. The molecule has 18 heavy (non-hydrogen) atoms. The fraction of sp³-hybridized carbons (Fsp3) is 0.182. The standard InChI is InChI=1S/C11H12ClN3O3/c12-8-2-1-3-9(7(8)6-16)15(4-10(13)17)5-11(14)18/h1-3,6H,4-5H2,(H2,13,17)(H2,14,18). The Hall–Kier alpha value is -2.08. The van der Waals surface area contributed by atoms with Crippen molar-refractivity contribution in [1.82, 2.24) is 0 Å². The molecule has 0 fully saturated rings. The van der Waals surface area contributed by atoms with Gasteiger partial charge in [-0.05, 0) is 12.1 Å². The van der Waals surface area contributed by atoms with Crippen molar-refractivity contribution in [1.29, 1.82) is 0 Å². The van der Waals surface area contributed by atoms with Crippen molar-refractivity contribution < 1.29 is 14.4 Å². The molecule has 0 bridgehead atoms. The minimum Gasteiger partial charge on any atom is -0.368 e. The maximum absolute atomic E-state index is 11.0. The van der Waals surface area contributed by atoms with E-state index in [-0.39, 0.29) is 23.7 Å². The SMILES string of the molecule is NC(=O)CN(CC(N)=O)c1cccc(Cl)c1C=O. The number of carbonyl (C=O) groups excluding carboxylic acids is 3. The highest BCUT2D eigenvalue weighted by Crippen LogP contribution is 2.25. The van der Waals surface area contributed by atoms with Crippen LogP contribution in [0.2, 0.25) is 5.02 Å². The molecule has 96 valence electrons. The number of amides is 2. The van der Waals surface area contributed by atoms with Crippen LogP contribution < -0.4 is 16.4 Å². The summed E-state index contributed by atoms with van der Waals surface area (Å²) < 4.78 is 0. The first-order valence-corrected chi connectivity index (χ1v) is 5.38. The van der Waals surface area contributed by atoms with Crippen molar-refractivity contribution >= 4 is 35.4 Å². The van der Waals surface area contributed by atoms with E-state index in [1.807, 2.05) is 0 Å². The van der Waals surface area contributed by atoms with E-state index in [0.29, 0.717) is 12.0 Å². The summed E-state index contributed by atoms with van der Waals surface area (Å²) in [6.45, 7) is -0.464. The number of hydrogen-bond donors (Lipinski definition) is 2. The van der Waals surface area contributed by atoms with Gasteiger partial charge in [-0.3, -0.25) is 14.4 Å². The second-order valence-electron chi connectivity index (χ2n) is 3.58. The molecule has 0 atom stereocenters. The maximum atomic E-state index is 11.0. The van der Waals surface area contributed by atoms with Gasteiger partial charge in [0, 0.05) is 5.69 Å². The number of carbonyl (C=O) groups is 3. The predicted octanol–water partition coefficient (Wildman–Crippen LogP) is -0.0705. The van der Waals surface area contributed by atoms with Gasteiger partial charge < -0.3 is 16.4 Å². The summed E-state index contributed by atoms with van der Waals surface area (Å²) in [5, 5.41) is 0.224. The first-order valence-electron chi connectivity index (χ1n) is 5.01. The summed E-state index contributed by atoms with van der Waals surface area (Å²) in [6.07, 6.45) is 0.548. The lowest BCUT2D eigenvalue weighted by molar-refractivity contribution is -0.117. The fourth-order valence-corrected chi connectivity index (χ4v) is 1.73. The number of nitrogens with zero attached hydrogens (tertiary/aromatic N) is 1. The fourth-order valence-electron chi connectivity index (χ4n) is 1.52. The van der Waals surface area contributed by atoms with Crippen molar-refractivity contribution in [2.75, 3.05) is 18.0 Å². The molecule has 4 N–H and O–H groups in total. The lowest BCUT2D eigenvalue weighted by atomic mass is 10.1. The van der Waals surface area contributed by atoms with Gasteiger partial charge in [-0.1, -0.05) is 17.7 Å². The van der Waals surface area contributed by atoms with E-state index in [9.17, 15) is 14.4 Å². The minimum absolute atomic E-state index is 0.182. The average Bonchev–Trinajstić information content (AvgIpc) is 2.26.